The summed E-state index contributed by atoms with van der Waals surface area (Å²) < 4.78 is 30.1. The third kappa shape index (κ3) is 4.57. The van der Waals surface area contributed by atoms with E-state index in [2.05, 4.69) is 0 Å². The van der Waals surface area contributed by atoms with Crippen LogP contribution in [0.15, 0.2) is 60.7 Å². The molecule has 2 aliphatic rings. The lowest BCUT2D eigenvalue weighted by Crippen LogP contribution is -2.38. The van der Waals surface area contributed by atoms with Crippen LogP contribution in [0.4, 0.5) is 0 Å². The van der Waals surface area contributed by atoms with Crippen LogP contribution in [0.25, 0.3) is 0 Å². The fraction of sp³-hybridized carbons (Fsp3) is 0.455. The predicted molar refractivity (Wildman–Crippen MR) is 99.8 cm³/mol. The maximum atomic E-state index is 6.20. The molecule has 2 saturated heterocycles. The van der Waals surface area contributed by atoms with Crippen LogP contribution in [0.3, 0.4) is 0 Å². The Hall–Kier alpha value is -1.76. The summed E-state index contributed by atoms with van der Waals surface area (Å²) in [5, 5.41) is 0. The minimum Gasteiger partial charge on any atom is -0.374 e. The Balaban J connectivity index is 1.38. The maximum absolute atomic E-state index is 6.20. The van der Waals surface area contributed by atoms with Gasteiger partial charge in [0.1, 0.15) is 18.3 Å². The molecule has 0 bridgehead atoms. The molecule has 2 fully saturated rings. The molecule has 0 radical (unpaired) electrons. The summed E-state index contributed by atoms with van der Waals surface area (Å²) in [5.74, 6) is -0.667. The monoisotopic (exact) mass is 370 g/mol. The first kappa shape index (κ1) is 18.6. The van der Waals surface area contributed by atoms with E-state index >= 15 is 0 Å². The van der Waals surface area contributed by atoms with Gasteiger partial charge in [0.25, 0.3) is 0 Å². The molecule has 2 heterocycles. The second-order valence-electron chi connectivity index (χ2n) is 7.41. The van der Waals surface area contributed by atoms with Gasteiger partial charge in [0.15, 0.2) is 12.1 Å². The van der Waals surface area contributed by atoms with Crippen LogP contribution >= 0.6 is 0 Å². The molecule has 2 aromatic carbocycles. The van der Waals surface area contributed by atoms with Gasteiger partial charge in [-0.25, -0.2) is 0 Å². The zero-order valence-corrected chi connectivity index (χ0v) is 15.7. The van der Waals surface area contributed by atoms with E-state index < -0.39 is 12.1 Å². The lowest BCUT2D eigenvalue weighted by atomic mass is 10.1. The Morgan fingerprint density at radius 1 is 0.852 bits per heavy atom. The molecular formula is C22H26O5. The lowest BCUT2D eigenvalue weighted by molar-refractivity contribution is -0.225. The molecule has 4 unspecified atom stereocenters. The maximum Gasteiger partial charge on any atom is 0.190 e. The van der Waals surface area contributed by atoms with Crippen LogP contribution in [0.5, 0.6) is 0 Å². The van der Waals surface area contributed by atoms with Gasteiger partial charge in [0.05, 0.1) is 19.8 Å². The Kier molecular flexibility index (Phi) is 5.57. The quantitative estimate of drug-likeness (QED) is 0.744. The predicted octanol–water partition coefficient (Wildman–Crippen LogP) is 3.67. The summed E-state index contributed by atoms with van der Waals surface area (Å²) in [6.45, 7) is 5.24. The Morgan fingerprint density at radius 2 is 1.48 bits per heavy atom. The van der Waals surface area contributed by atoms with Crippen molar-refractivity contribution >= 4 is 0 Å². The number of benzene rings is 2. The summed E-state index contributed by atoms with van der Waals surface area (Å²) in [5.41, 5.74) is 2.24. The first-order valence-corrected chi connectivity index (χ1v) is 9.39. The van der Waals surface area contributed by atoms with E-state index in [1.165, 1.54) is 0 Å². The third-order valence-corrected chi connectivity index (χ3v) is 4.77. The van der Waals surface area contributed by atoms with Gasteiger partial charge in [-0.3, -0.25) is 0 Å². The van der Waals surface area contributed by atoms with Gasteiger partial charge in [-0.05, 0) is 25.0 Å². The standard InChI is InChI=1S/C22H26O5/c1-22(2)26-20-19(24-14-17-11-7-4-8-12-17)18(25-21(20)27-22)15-23-13-16-9-5-3-6-10-16/h3-12,18-21H,13-15H2,1-2H3. The molecule has 4 atom stereocenters. The molecule has 144 valence electrons. The third-order valence-electron chi connectivity index (χ3n) is 4.77. The average Bonchev–Trinajstić information content (AvgIpc) is 3.13. The van der Waals surface area contributed by atoms with E-state index in [1.807, 2.05) is 74.5 Å². The molecule has 2 aliphatic heterocycles. The zero-order valence-electron chi connectivity index (χ0n) is 15.7. The first-order chi connectivity index (χ1) is 13.1. The highest BCUT2D eigenvalue weighted by Gasteiger charge is 2.55. The van der Waals surface area contributed by atoms with E-state index in [1.54, 1.807) is 0 Å². The van der Waals surface area contributed by atoms with E-state index in [9.17, 15) is 0 Å². The first-order valence-electron chi connectivity index (χ1n) is 9.39. The van der Waals surface area contributed by atoms with Crippen LogP contribution in [0, 0.1) is 0 Å². The molecule has 0 spiro atoms. The van der Waals surface area contributed by atoms with E-state index in [0.717, 1.165) is 11.1 Å². The fourth-order valence-corrected chi connectivity index (χ4v) is 3.52. The van der Waals surface area contributed by atoms with Crippen LogP contribution in [-0.4, -0.2) is 37.0 Å². The van der Waals surface area contributed by atoms with Crippen LogP contribution < -0.4 is 0 Å². The van der Waals surface area contributed by atoms with Crippen molar-refractivity contribution in [2.75, 3.05) is 6.61 Å². The summed E-state index contributed by atoms with van der Waals surface area (Å²) >= 11 is 0. The summed E-state index contributed by atoms with van der Waals surface area (Å²) in [4.78, 5) is 0. The highest BCUT2D eigenvalue weighted by atomic mass is 16.8. The van der Waals surface area contributed by atoms with Gasteiger partial charge in [-0.1, -0.05) is 60.7 Å². The second kappa shape index (κ2) is 8.09. The number of ether oxygens (including phenoxy) is 5. The Labute approximate surface area is 160 Å². The summed E-state index contributed by atoms with van der Waals surface area (Å²) in [6.07, 6.45) is -1.16. The van der Waals surface area contributed by atoms with E-state index in [-0.39, 0.29) is 18.3 Å². The summed E-state index contributed by atoms with van der Waals surface area (Å²) in [7, 11) is 0. The van der Waals surface area contributed by atoms with E-state index in [4.69, 9.17) is 23.7 Å². The number of hydrogen-bond donors (Lipinski definition) is 0. The van der Waals surface area contributed by atoms with Gasteiger partial charge in [0.2, 0.25) is 0 Å². The average molecular weight is 370 g/mol. The Morgan fingerprint density at radius 3 is 2.15 bits per heavy atom. The van der Waals surface area contributed by atoms with Crippen molar-refractivity contribution in [2.45, 2.75) is 57.5 Å². The van der Waals surface area contributed by atoms with Crippen LogP contribution in [-0.2, 0) is 36.9 Å². The van der Waals surface area contributed by atoms with Crippen molar-refractivity contribution in [2.24, 2.45) is 0 Å². The molecule has 2 aromatic rings. The molecule has 0 amide bonds. The fourth-order valence-electron chi connectivity index (χ4n) is 3.52. The molecule has 0 aromatic heterocycles. The summed E-state index contributed by atoms with van der Waals surface area (Å²) in [6, 6.07) is 20.2. The van der Waals surface area contributed by atoms with Gasteiger partial charge >= 0.3 is 0 Å². The number of fused-ring (bicyclic) bond motifs is 1. The SMILES string of the molecule is CC1(C)OC2OC(COCc3ccccc3)C(OCc3ccccc3)C2O1. The van der Waals surface area contributed by atoms with E-state index in [0.29, 0.717) is 19.8 Å². The lowest BCUT2D eigenvalue weighted by Gasteiger charge is -2.26. The minimum atomic E-state index is -0.667. The van der Waals surface area contributed by atoms with Crippen molar-refractivity contribution in [1.29, 1.82) is 0 Å². The number of rotatable bonds is 7. The highest BCUT2D eigenvalue weighted by molar-refractivity contribution is 5.14. The van der Waals surface area contributed by atoms with Crippen molar-refractivity contribution in [1.82, 2.24) is 0 Å². The van der Waals surface area contributed by atoms with Gasteiger partial charge in [-0.2, -0.15) is 0 Å². The smallest absolute Gasteiger partial charge is 0.190 e. The van der Waals surface area contributed by atoms with Gasteiger partial charge in [0, 0.05) is 0 Å². The largest absolute Gasteiger partial charge is 0.374 e. The minimum absolute atomic E-state index is 0.233. The molecule has 0 N–H and O–H groups in total. The highest BCUT2D eigenvalue weighted by Crippen LogP contribution is 2.39. The van der Waals surface area contributed by atoms with Crippen molar-refractivity contribution < 1.29 is 23.7 Å². The molecule has 0 saturated carbocycles. The van der Waals surface area contributed by atoms with Crippen molar-refractivity contribution in [3.05, 3.63) is 71.8 Å². The molecule has 5 nitrogen and oxygen atoms in total. The normalized spacial score (nSPS) is 29.0. The second-order valence-corrected chi connectivity index (χ2v) is 7.41. The number of hydrogen-bond acceptors (Lipinski definition) is 5. The van der Waals surface area contributed by atoms with Crippen LogP contribution in [0.1, 0.15) is 25.0 Å². The topological polar surface area (TPSA) is 46.2 Å². The van der Waals surface area contributed by atoms with Crippen molar-refractivity contribution in [3.8, 4) is 0 Å². The molecule has 4 rings (SSSR count). The molecule has 27 heavy (non-hydrogen) atoms. The zero-order chi connectivity index (χ0) is 18.7. The van der Waals surface area contributed by atoms with Gasteiger partial charge in [-0.15, -0.1) is 0 Å². The van der Waals surface area contributed by atoms with Gasteiger partial charge < -0.3 is 23.7 Å². The van der Waals surface area contributed by atoms with Crippen LogP contribution in [0.2, 0.25) is 0 Å². The molecule has 5 heteroatoms. The Bertz CT molecular complexity index is 718. The van der Waals surface area contributed by atoms with Crippen molar-refractivity contribution in [3.63, 3.8) is 0 Å². The molecular weight excluding hydrogens is 344 g/mol. The molecule has 0 aliphatic carbocycles.